The monoisotopic (exact) mass is 237 g/mol. The van der Waals surface area contributed by atoms with Crippen LogP contribution in [-0.4, -0.2) is 13.9 Å². The minimum atomic E-state index is -1.79. The van der Waals surface area contributed by atoms with Gasteiger partial charge in [0.2, 0.25) is 3.79 Å². The standard InChI is InChI=1S/C8H6Cl3NO/c9-8(10,11)7(13)5-6-3-1-2-4-12-6/h1-5,13H/b7-5-. The van der Waals surface area contributed by atoms with Crippen molar-refractivity contribution in [2.75, 3.05) is 0 Å². The van der Waals surface area contributed by atoms with Crippen LogP contribution >= 0.6 is 34.8 Å². The molecule has 0 atom stereocenters. The summed E-state index contributed by atoms with van der Waals surface area (Å²) in [4.78, 5) is 3.92. The van der Waals surface area contributed by atoms with Gasteiger partial charge in [-0.15, -0.1) is 0 Å². The molecule has 0 fully saturated rings. The molecule has 5 heteroatoms. The van der Waals surface area contributed by atoms with Gasteiger partial charge in [-0.3, -0.25) is 4.98 Å². The molecule has 1 rings (SSSR count). The number of hydrogen-bond acceptors (Lipinski definition) is 2. The summed E-state index contributed by atoms with van der Waals surface area (Å²) in [5.41, 5.74) is 0.534. The lowest BCUT2D eigenvalue weighted by Gasteiger charge is -2.08. The predicted octanol–water partition coefficient (Wildman–Crippen LogP) is 3.35. The number of aliphatic hydroxyl groups excluding tert-OH is 1. The number of rotatable bonds is 1. The van der Waals surface area contributed by atoms with E-state index in [2.05, 4.69) is 4.98 Å². The molecule has 0 amide bonds. The number of halogens is 3. The fourth-order valence-corrected chi connectivity index (χ4v) is 0.847. The van der Waals surface area contributed by atoms with E-state index in [4.69, 9.17) is 34.8 Å². The van der Waals surface area contributed by atoms with Crippen molar-refractivity contribution in [1.29, 1.82) is 0 Å². The first-order valence-electron chi connectivity index (χ1n) is 3.39. The van der Waals surface area contributed by atoms with Gasteiger partial charge in [0, 0.05) is 12.3 Å². The molecule has 70 valence electrons. The second-order valence-electron chi connectivity index (χ2n) is 2.28. The van der Waals surface area contributed by atoms with Crippen LogP contribution in [0, 0.1) is 0 Å². The van der Waals surface area contributed by atoms with Gasteiger partial charge in [0.25, 0.3) is 0 Å². The van der Waals surface area contributed by atoms with E-state index in [9.17, 15) is 5.11 Å². The lowest BCUT2D eigenvalue weighted by Crippen LogP contribution is -2.05. The van der Waals surface area contributed by atoms with Crippen molar-refractivity contribution in [3.63, 3.8) is 0 Å². The van der Waals surface area contributed by atoms with E-state index in [-0.39, 0.29) is 5.76 Å². The fraction of sp³-hybridized carbons (Fsp3) is 0.125. The molecule has 1 aromatic heterocycles. The van der Waals surface area contributed by atoms with Crippen LogP contribution in [0.1, 0.15) is 5.69 Å². The zero-order chi connectivity index (χ0) is 9.90. The van der Waals surface area contributed by atoms with E-state index in [1.165, 1.54) is 6.08 Å². The topological polar surface area (TPSA) is 33.1 Å². The van der Waals surface area contributed by atoms with E-state index in [0.717, 1.165) is 0 Å². The lowest BCUT2D eigenvalue weighted by atomic mass is 10.3. The Kier molecular flexibility index (Phi) is 3.42. The Balaban J connectivity index is 2.90. The molecule has 0 aliphatic heterocycles. The van der Waals surface area contributed by atoms with E-state index >= 15 is 0 Å². The van der Waals surface area contributed by atoms with Crippen molar-refractivity contribution in [3.05, 3.63) is 35.8 Å². The third-order valence-corrected chi connectivity index (χ3v) is 1.84. The highest BCUT2D eigenvalue weighted by Gasteiger charge is 2.25. The van der Waals surface area contributed by atoms with Crippen LogP contribution in [0.25, 0.3) is 6.08 Å². The van der Waals surface area contributed by atoms with Crippen molar-refractivity contribution < 1.29 is 5.11 Å². The third-order valence-electron chi connectivity index (χ3n) is 1.26. The Morgan fingerprint density at radius 1 is 1.38 bits per heavy atom. The normalized spacial score (nSPS) is 13.0. The summed E-state index contributed by atoms with van der Waals surface area (Å²) in [5, 5.41) is 9.26. The summed E-state index contributed by atoms with van der Waals surface area (Å²) < 4.78 is -1.79. The SMILES string of the molecule is O/C(=C\c1ccccn1)C(Cl)(Cl)Cl. The van der Waals surface area contributed by atoms with Crippen molar-refractivity contribution in [1.82, 2.24) is 4.98 Å². The summed E-state index contributed by atoms with van der Waals surface area (Å²) in [5.74, 6) is -0.351. The number of aliphatic hydroxyl groups is 1. The highest BCUT2D eigenvalue weighted by atomic mass is 35.6. The summed E-state index contributed by atoms with van der Waals surface area (Å²) in [6.07, 6.45) is 2.88. The van der Waals surface area contributed by atoms with E-state index < -0.39 is 3.79 Å². The molecule has 0 spiro atoms. The number of aromatic nitrogens is 1. The van der Waals surface area contributed by atoms with Crippen LogP contribution in [0.5, 0.6) is 0 Å². The predicted molar refractivity (Wildman–Crippen MR) is 55.1 cm³/mol. The molecular weight excluding hydrogens is 232 g/mol. The first-order valence-corrected chi connectivity index (χ1v) is 4.52. The van der Waals surface area contributed by atoms with Crippen LogP contribution < -0.4 is 0 Å². The molecule has 1 aromatic rings. The van der Waals surface area contributed by atoms with Crippen LogP contribution in [0.2, 0.25) is 0 Å². The highest BCUT2D eigenvalue weighted by Crippen LogP contribution is 2.33. The first-order chi connectivity index (χ1) is 6.00. The van der Waals surface area contributed by atoms with Gasteiger partial charge in [0.1, 0.15) is 5.76 Å². The zero-order valence-electron chi connectivity index (χ0n) is 6.42. The minimum Gasteiger partial charge on any atom is -0.508 e. The Labute approximate surface area is 90.8 Å². The number of hydrogen-bond donors (Lipinski definition) is 1. The van der Waals surface area contributed by atoms with Gasteiger partial charge in [-0.2, -0.15) is 0 Å². The fourth-order valence-electron chi connectivity index (χ4n) is 0.683. The Hall–Kier alpha value is -0.440. The van der Waals surface area contributed by atoms with Crippen LogP contribution in [0.4, 0.5) is 0 Å². The van der Waals surface area contributed by atoms with Gasteiger partial charge < -0.3 is 5.11 Å². The summed E-state index contributed by atoms with van der Waals surface area (Å²) in [6, 6.07) is 5.21. The van der Waals surface area contributed by atoms with Crippen molar-refractivity contribution in [2.45, 2.75) is 3.79 Å². The lowest BCUT2D eigenvalue weighted by molar-refractivity contribution is 0.407. The molecule has 2 nitrogen and oxygen atoms in total. The molecule has 0 aliphatic carbocycles. The maximum atomic E-state index is 9.26. The van der Waals surface area contributed by atoms with Crippen molar-refractivity contribution >= 4 is 40.9 Å². The minimum absolute atomic E-state index is 0.351. The molecule has 0 radical (unpaired) electrons. The van der Waals surface area contributed by atoms with Gasteiger partial charge in [-0.25, -0.2) is 0 Å². The van der Waals surface area contributed by atoms with Gasteiger partial charge in [0.05, 0.1) is 5.69 Å². The molecule has 0 saturated carbocycles. The second kappa shape index (κ2) is 4.18. The Bertz CT molecular complexity index is 305. The van der Waals surface area contributed by atoms with E-state index in [1.807, 2.05) is 0 Å². The Morgan fingerprint density at radius 3 is 2.54 bits per heavy atom. The van der Waals surface area contributed by atoms with Crippen molar-refractivity contribution in [3.8, 4) is 0 Å². The molecule has 0 aliphatic rings. The average molecular weight is 239 g/mol. The smallest absolute Gasteiger partial charge is 0.247 e. The average Bonchev–Trinajstić information content (AvgIpc) is 2.04. The van der Waals surface area contributed by atoms with E-state index in [0.29, 0.717) is 5.69 Å². The molecule has 1 N–H and O–H groups in total. The quantitative estimate of drug-likeness (QED) is 0.601. The van der Waals surface area contributed by atoms with E-state index in [1.54, 1.807) is 24.4 Å². The molecule has 0 saturated heterocycles. The maximum absolute atomic E-state index is 9.26. The molecule has 0 unspecified atom stereocenters. The number of alkyl halides is 3. The van der Waals surface area contributed by atoms with Gasteiger partial charge in [0.15, 0.2) is 0 Å². The molecule has 1 heterocycles. The molecule has 0 aromatic carbocycles. The maximum Gasteiger partial charge on any atom is 0.247 e. The largest absolute Gasteiger partial charge is 0.508 e. The number of allylic oxidation sites excluding steroid dienone is 1. The summed E-state index contributed by atoms with van der Waals surface area (Å²) >= 11 is 16.3. The number of nitrogens with zero attached hydrogens (tertiary/aromatic N) is 1. The molecule has 0 bridgehead atoms. The van der Waals surface area contributed by atoms with Crippen LogP contribution in [-0.2, 0) is 0 Å². The second-order valence-corrected chi connectivity index (χ2v) is 4.56. The van der Waals surface area contributed by atoms with Gasteiger partial charge in [-0.1, -0.05) is 40.9 Å². The van der Waals surface area contributed by atoms with Gasteiger partial charge >= 0.3 is 0 Å². The highest BCUT2D eigenvalue weighted by molar-refractivity contribution is 6.69. The van der Waals surface area contributed by atoms with Gasteiger partial charge in [-0.05, 0) is 12.1 Å². The summed E-state index contributed by atoms with van der Waals surface area (Å²) in [7, 11) is 0. The third kappa shape index (κ3) is 3.43. The first kappa shape index (κ1) is 10.6. The number of pyridine rings is 1. The van der Waals surface area contributed by atoms with Crippen LogP contribution in [0.15, 0.2) is 30.2 Å². The summed E-state index contributed by atoms with van der Waals surface area (Å²) in [6.45, 7) is 0. The zero-order valence-corrected chi connectivity index (χ0v) is 8.68. The Morgan fingerprint density at radius 2 is 2.08 bits per heavy atom. The van der Waals surface area contributed by atoms with Crippen LogP contribution in [0.3, 0.4) is 0 Å². The molecular formula is C8H6Cl3NO. The van der Waals surface area contributed by atoms with Crippen molar-refractivity contribution in [2.24, 2.45) is 0 Å². The molecule has 13 heavy (non-hydrogen) atoms.